The molecule has 5 heteroatoms. The van der Waals surface area contributed by atoms with Crippen LogP contribution in [0.25, 0.3) is 0 Å². The maximum Gasteiger partial charge on any atom is 0.267 e. The molecule has 4 nitrogen and oxygen atoms in total. The number of amides is 1. The third-order valence-electron chi connectivity index (χ3n) is 3.60. The van der Waals surface area contributed by atoms with E-state index in [1.165, 1.54) is 22.5 Å². The molecule has 0 aliphatic rings. The van der Waals surface area contributed by atoms with Crippen molar-refractivity contribution in [3.63, 3.8) is 0 Å². The van der Waals surface area contributed by atoms with E-state index in [4.69, 9.17) is 0 Å². The summed E-state index contributed by atoms with van der Waals surface area (Å²) in [6, 6.07) is 17.8. The van der Waals surface area contributed by atoms with Crippen LogP contribution in [0.2, 0.25) is 0 Å². The molecule has 3 rings (SSSR count). The summed E-state index contributed by atoms with van der Waals surface area (Å²) in [6.45, 7) is 4.61. The fourth-order valence-corrected chi connectivity index (χ4v) is 3.13. The van der Waals surface area contributed by atoms with Gasteiger partial charge in [-0.1, -0.05) is 59.4 Å². The van der Waals surface area contributed by atoms with Crippen LogP contribution in [0, 0.1) is 13.8 Å². The van der Waals surface area contributed by atoms with Gasteiger partial charge in [0, 0.05) is 12.2 Å². The van der Waals surface area contributed by atoms with Gasteiger partial charge in [0.2, 0.25) is 0 Å². The summed E-state index contributed by atoms with van der Waals surface area (Å²) in [7, 11) is 0. The molecule has 1 aromatic heterocycles. The normalized spacial score (nSPS) is 10.4. The van der Waals surface area contributed by atoms with Crippen molar-refractivity contribution in [2.24, 2.45) is 0 Å². The Hall–Kier alpha value is -2.66. The lowest BCUT2D eigenvalue weighted by Gasteiger charge is -2.03. The van der Waals surface area contributed by atoms with Gasteiger partial charge in [-0.3, -0.25) is 4.79 Å². The van der Waals surface area contributed by atoms with E-state index >= 15 is 0 Å². The molecular formula is C19H19N3OS. The largest absolute Gasteiger partial charge is 0.357 e. The van der Waals surface area contributed by atoms with Crippen LogP contribution in [-0.2, 0) is 6.54 Å². The van der Waals surface area contributed by atoms with Crippen LogP contribution >= 0.6 is 11.3 Å². The molecule has 0 unspecified atom stereocenters. The second-order valence-electron chi connectivity index (χ2n) is 5.59. The van der Waals surface area contributed by atoms with Gasteiger partial charge in [0.1, 0.15) is 4.88 Å². The van der Waals surface area contributed by atoms with E-state index in [9.17, 15) is 4.79 Å². The van der Waals surface area contributed by atoms with Crippen LogP contribution in [0.1, 0.15) is 26.5 Å². The smallest absolute Gasteiger partial charge is 0.267 e. The number of carbonyl (C=O) groups excluding carboxylic acids is 1. The first-order valence-corrected chi connectivity index (χ1v) is 8.57. The number of rotatable bonds is 5. The van der Waals surface area contributed by atoms with Crippen LogP contribution in [-0.4, -0.2) is 10.9 Å². The predicted molar refractivity (Wildman–Crippen MR) is 99.8 cm³/mol. The maximum atomic E-state index is 12.4. The summed E-state index contributed by atoms with van der Waals surface area (Å²) in [5.74, 6) is -0.125. The third-order valence-corrected chi connectivity index (χ3v) is 4.71. The number of thiazole rings is 1. The Kier molecular flexibility index (Phi) is 4.91. The zero-order valence-electron chi connectivity index (χ0n) is 13.7. The minimum atomic E-state index is -0.125. The standard InChI is InChI=1S/C19H19N3OS/c1-13-8-10-15(11-9-13)12-20-19-21-14(2)17(24-19)18(23)22-16-6-4-3-5-7-16/h3-11H,12H2,1-2H3,(H,20,21)(H,22,23). The summed E-state index contributed by atoms with van der Waals surface area (Å²) in [5, 5.41) is 6.94. The number of hydrogen-bond donors (Lipinski definition) is 2. The Morgan fingerprint density at radius 1 is 1.04 bits per heavy atom. The lowest BCUT2D eigenvalue weighted by atomic mass is 10.1. The molecule has 2 N–H and O–H groups in total. The molecule has 0 radical (unpaired) electrons. The number of carbonyl (C=O) groups is 1. The summed E-state index contributed by atoms with van der Waals surface area (Å²) in [6.07, 6.45) is 0. The number of aryl methyl sites for hydroxylation is 2. The van der Waals surface area contributed by atoms with E-state index in [-0.39, 0.29) is 5.91 Å². The molecule has 0 fully saturated rings. The molecule has 0 saturated heterocycles. The molecule has 24 heavy (non-hydrogen) atoms. The molecule has 0 saturated carbocycles. The van der Waals surface area contributed by atoms with Crippen molar-refractivity contribution in [2.75, 3.05) is 10.6 Å². The quantitative estimate of drug-likeness (QED) is 0.714. The number of anilines is 2. The first-order chi connectivity index (χ1) is 11.6. The maximum absolute atomic E-state index is 12.4. The summed E-state index contributed by atoms with van der Waals surface area (Å²) < 4.78 is 0. The average Bonchev–Trinajstić information content (AvgIpc) is 2.96. The van der Waals surface area contributed by atoms with Gasteiger partial charge in [-0.2, -0.15) is 0 Å². The van der Waals surface area contributed by atoms with E-state index < -0.39 is 0 Å². The van der Waals surface area contributed by atoms with Crippen molar-refractivity contribution >= 4 is 28.1 Å². The van der Waals surface area contributed by atoms with Crippen molar-refractivity contribution in [1.29, 1.82) is 0 Å². The van der Waals surface area contributed by atoms with E-state index in [2.05, 4.69) is 46.8 Å². The molecule has 0 spiro atoms. The van der Waals surface area contributed by atoms with E-state index in [1.54, 1.807) is 0 Å². The van der Waals surface area contributed by atoms with E-state index in [0.717, 1.165) is 16.5 Å². The molecule has 122 valence electrons. The van der Waals surface area contributed by atoms with Gasteiger partial charge in [-0.05, 0) is 31.5 Å². The zero-order chi connectivity index (χ0) is 16.9. The summed E-state index contributed by atoms with van der Waals surface area (Å²) >= 11 is 1.37. The van der Waals surface area contributed by atoms with E-state index in [1.807, 2.05) is 37.3 Å². The van der Waals surface area contributed by atoms with Gasteiger partial charge >= 0.3 is 0 Å². The lowest BCUT2D eigenvalue weighted by Crippen LogP contribution is -2.11. The molecule has 1 amide bonds. The molecule has 0 bridgehead atoms. The lowest BCUT2D eigenvalue weighted by molar-refractivity contribution is 0.103. The Morgan fingerprint density at radius 3 is 2.46 bits per heavy atom. The summed E-state index contributed by atoms with van der Waals surface area (Å²) in [4.78, 5) is 17.5. The van der Waals surface area contributed by atoms with Crippen molar-refractivity contribution in [1.82, 2.24) is 4.98 Å². The second kappa shape index (κ2) is 7.27. The predicted octanol–water partition coefficient (Wildman–Crippen LogP) is 4.62. The van der Waals surface area contributed by atoms with Gasteiger partial charge < -0.3 is 10.6 Å². The first kappa shape index (κ1) is 16.2. The summed E-state index contributed by atoms with van der Waals surface area (Å²) in [5.41, 5.74) is 3.94. The highest BCUT2D eigenvalue weighted by molar-refractivity contribution is 7.17. The highest BCUT2D eigenvalue weighted by Gasteiger charge is 2.15. The van der Waals surface area contributed by atoms with Crippen LogP contribution in [0.4, 0.5) is 10.8 Å². The number of aromatic nitrogens is 1. The van der Waals surface area contributed by atoms with Gasteiger partial charge in [0.15, 0.2) is 5.13 Å². The van der Waals surface area contributed by atoms with Gasteiger partial charge in [-0.15, -0.1) is 0 Å². The molecule has 0 aliphatic carbocycles. The number of benzene rings is 2. The number of para-hydroxylation sites is 1. The van der Waals surface area contributed by atoms with E-state index in [0.29, 0.717) is 11.4 Å². The van der Waals surface area contributed by atoms with Crippen LogP contribution < -0.4 is 10.6 Å². The fourth-order valence-electron chi connectivity index (χ4n) is 2.28. The number of hydrogen-bond acceptors (Lipinski definition) is 4. The molecule has 2 aromatic carbocycles. The van der Waals surface area contributed by atoms with Crippen molar-refractivity contribution in [3.05, 3.63) is 76.3 Å². The van der Waals surface area contributed by atoms with Crippen molar-refractivity contribution in [2.45, 2.75) is 20.4 Å². The SMILES string of the molecule is Cc1ccc(CNc2nc(C)c(C(=O)Nc3ccccc3)s2)cc1. The Morgan fingerprint density at radius 2 is 1.75 bits per heavy atom. The molecule has 1 heterocycles. The first-order valence-electron chi connectivity index (χ1n) is 7.75. The molecular weight excluding hydrogens is 318 g/mol. The second-order valence-corrected chi connectivity index (χ2v) is 6.59. The number of nitrogens with zero attached hydrogens (tertiary/aromatic N) is 1. The monoisotopic (exact) mass is 337 g/mol. The van der Waals surface area contributed by atoms with Gasteiger partial charge in [0.25, 0.3) is 5.91 Å². The highest BCUT2D eigenvalue weighted by atomic mass is 32.1. The molecule has 3 aromatic rings. The van der Waals surface area contributed by atoms with Crippen LogP contribution in [0.5, 0.6) is 0 Å². The van der Waals surface area contributed by atoms with Gasteiger partial charge in [-0.25, -0.2) is 4.98 Å². The number of nitrogens with one attached hydrogen (secondary N) is 2. The van der Waals surface area contributed by atoms with Crippen LogP contribution in [0.3, 0.4) is 0 Å². The topological polar surface area (TPSA) is 54.0 Å². The average molecular weight is 337 g/mol. The molecule has 0 aliphatic heterocycles. The Labute approximate surface area is 145 Å². The third kappa shape index (κ3) is 4.00. The minimum Gasteiger partial charge on any atom is -0.357 e. The van der Waals surface area contributed by atoms with Crippen molar-refractivity contribution in [3.8, 4) is 0 Å². The zero-order valence-corrected chi connectivity index (χ0v) is 14.5. The highest BCUT2D eigenvalue weighted by Crippen LogP contribution is 2.24. The fraction of sp³-hybridized carbons (Fsp3) is 0.158. The van der Waals surface area contributed by atoms with Crippen LogP contribution in [0.15, 0.2) is 54.6 Å². The molecule has 0 atom stereocenters. The Bertz CT molecular complexity index is 826. The van der Waals surface area contributed by atoms with Gasteiger partial charge in [0.05, 0.1) is 5.69 Å². The van der Waals surface area contributed by atoms with Crippen molar-refractivity contribution < 1.29 is 4.79 Å². The minimum absolute atomic E-state index is 0.125. The Balaban J connectivity index is 1.66.